The maximum absolute atomic E-state index is 13.8. The Balaban J connectivity index is 1.04. The topological polar surface area (TPSA) is 97.5 Å². The van der Waals surface area contributed by atoms with Crippen LogP contribution < -0.4 is 15.5 Å². The number of amides is 1. The molecule has 1 amide bonds. The van der Waals surface area contributed by atoms with Crippen LogP contribution >= 0.6 is 11.3 Å². The van der Waals surface area contributed by atoms with E-state index in [-0.39, 0.29) is 16.2 Å². The highest BCUT2D eigenvalue weighted by Crippen LogP contribution is 2.57. The van der Waals surface area contributed by atoms with Gasteiger partial charge in [-0.3, -0.25) is 9.59 Å². The molecule has 0 radical (unpaired) electrons. The van der Waals surface area contributed by atoms with Gasteiger partial charge in [0.05, 0.1) is 4.70 Å². The highest BCUT2D eigenvalue weighted by molar-refractivity contribution is 7.16. The Bertz CT molecular complexity index is 1380. The van der Waals surface area contributed by atoms with E-state index in [1.165, 1.54) is 49.7 Å². The first-order chi connectivity index (χ1) is 19.9. The number of nitrogens with one attached hydrogen (secondary N) is 3. The predicted molar refractivity (Wildman–Crippen MR) is 166 cm³/mol. The molecule has 4 saturated carbocycles. The lowest BCUT2D eigenvalue weighted by Crippen LogP contribution is -2.62. The number of nitrogens with zero attached hydrogens (tertiary/aromatic N) is 1. The molecule has 0 spiro atoms. The van der Waals surface area contributed by atoms with Crippen LogP contribution in [-0.4, -0.2) is 59.2 Å². The van der Waals surface area contributed by atoms with Crippen LogP contribution in [0.25, 0.3) is 10.2 Å². The average molecular weight is 577 g/mol. The zero-order valence-corrected chi connectivity index (χ0v) is 25.0. The number of carbonyl (C=O) groups is 1. The highest BCUT2D eigenvalue weighted by atomic mass is 32.1. The summed E-state index contributed by atoms with van der Waals surface area (Å²) in [5, 5.41) is 17.2. The van der Waals surface area contributed by atoms with Gasteiger partial charge in [0.15, 0.2) is 0 Å². The molecule has 7 rings (SSSR count). The summed E-state index contributed by atoms with van der Waals surface area (Å²) in [6, 6.07) is 12.3. The van der Waals surface area contributed by atoms with Crippen LogP contribution in [0.1, 0.15) is 61.6 Å². The summed E-state index contributed by atoms with van der Waals surface area (Å²) >= 11 is 1.15. The van der Waals surface area contributed by atoms with E-state index in [0.717, 1.165) is 84.9 Å². The van der Waals surface area contributed by atoms with Crippen molar-refractivity contribution in [1.29, 1.82) is 0 Å². The Morgan fingerprint density at radius 3 is 2.32 bits per heavy atom. The number of benzene rings is 2. The monoisotopic (exact) mass is 576 g/mol. The van der Waals surface area contributed by atoms with Crippen LogP contribution in [0.4, 0.5) is 0 Å². The molecular formula is C33H44N4O3S. The van der Waals surface area contributed by atoms with Gasteiger partial charge in [0.25, 0.3) is 0 Å². The molecule has 8 heteroatoms. The van der Waals surface area contributed by atoms with Crippen molar-refractivity contribution in [3.05, 3.63) is 62.8 Å². The van der Waals surface area contributed by atoms with Crippen molar-refractivity contribution in [2.75, 3.05) is 32.7 Å². The van der Waals surface area contributed by atoms with E-state index in [4.69, 9.17) is 0 Å². The zero-order valence-electron chi connectivity index (χ0n) is 24.2. The molecule has 4 fully saturated rings. The Hall–Kier alpha value is -2.68. The van der Waals surface area contributed by atoms with Crippen LogP contribution in [0.5, 0.6) is 5.75 Å². The fourth-order valence-corrected chi connectivity index (χ4v) is 9.17. The van der Waals surface area contributed by atoms with Crippen molar-refractivity contribution in [2.24, 2.45) is 17.8 Å². The van der Waals surface area contributed by atoms with Gasteiger partial charge in [-0.25, -0.2) is 0 Å². The van der Waals surface area contributed by atoms with Crippen molar-refractivity contribution in [3.63, 3.8) is 0 Å². The van der Waals surface area contributed by atoms with E-state index in [1.54, 1.807) is 6.07 Å². The Kier molecular flexibility index (Phi) is 8.52. The fraction of sp³-hybridized carbons (Fsp3) is 0.576. The summed E-state index contributed by atoms with van der Waals surface area (Å²) in [6.07, 6.45) is 9.94. The third kappa shape index (κ3) is 6.40. The van der Waals surface area contributed by atoms with Crippen molar-refractivity contribution in [2.45, 2.75) is 70.3 Å². The van der Waals surface area contributed by atoms with Crippen LogP contribution in [-0.2, 0) is 17.6 Å². The lowest BCUT2D eigenvalue weighted by molar-refractivity contribution is -0.150. The van der Waals surface area contributed by atoms with Gasteiger partial charge in [-0.2, -0.15) is 0 Å². The second-order valence-corrected chi connectivity index (χ2v) is 13.9. The molecule has 1 heterocycles. The first-order valence-electron chi connectivity index (χ1n) is 15.5. The molecule has 0 unspecified atom stereocenters. The number of thiazole rings is 1. The minimum absolute atomic E-state index is 0.0515. The summed E-state index contributed by atoms with van der Waals surface area (Å²) in [6.45, 7) is 5.98. The largest absolute Gasteiger partial charge is 0.506 e. The third-order valence-electron chi connectivity index (χ3n) is 9.83. The Morgan fingerprint density at radius 2 is 1.61 bits per heavy atom. The molecule has 0 atom stereocenters. The number of hydrogen-bond donors (Lipinski definition) is 4. The van der Waals surface area contributed by atoms with Crippen LogP contribution in [0.3, 0.4) is 0 Å². The second-order valence-electron chi connectivity index (χ2n) is 12.9. The van der Waals surface area contributed by atoms with Crippen LogP contribution in [0, 0.1) is 24.7 Å². The zero-order chi connectivity index (χ0) is 28.4. The average Bonchev–Trinajstić information content (AvgIpc) is 3.34. The number of phenols is 1. The molecular weight excluding hydrogens is 532 g/mol. The second kappa shape index (κ2) is 12.3. The van der Waals surface area contributed by atoms with Gasteiger partial charge in [-0.15, -0.1) is 0 Å². The molecule has 0 saturated heterocycles. The maximum Gasteiger partial charge on any atom is 0.305 e. The standard InChI is InChI=1S/C33H44N4O3S/c1-22-2-4-23(5-3-22)8-11-34-13-10-29(39)37(33-19-24-16-25(20-33)18-26(17-24)21-33)15-14-35-12-9-27-6-7-28(38)30-31(27)41-32(40)36-30/h2-7,24-26,34-35,38H,8-21H2,1H3,(H,36,40). The Morgan fingerprint density at radius 1 is 0.951 bits per heavy atom. The lowest BCUT2D eigenvalue weighted by Gasteiger charge is -2.60. The molecule has 7 nitrogen and oxygen atoms in total. The van der Waals surface area contributed by atoms with Crippen LogP contribution in [0.2, 0.25) is 0 Å². The van der Waals surface area contributed by atoms with Gasteiger partial charge >= 0.3 is 4.87 Å². The molecule has 4 aliphatic carbocycles. The van der Waals surface area contributed by atoms with Crippen molar-refractivity contribution < 1.29 is 9.90 Å². The van der Waals surface area contributed by atoms with Crippen LogP contribution in [0.15, 0.2) is 41.2 Å². The number of aromatic nitrogens is 1. The van der Waals surface area contributed by atoms with E-state index >= 15 is 0 Å². The number of rotatable bonds is 13. The van der Waals surface area contributed by atoms with Gasteiger partial charge in [-0.05, 0) is 106 Å². The minimum atomic E-state index is -0.148. The van der Waals surface area contributed by atoms with E-state index in [1.807, 2.05) is 6.07 Å². The summed E-state index contributed by atoms with van der Waals surface area (Å²) < 4.78 is 0.831. The molecule has 220 valence electrons. The van der Waals surface area contributed by atoms with E-state index in [2.05, 4.69) is 51.7 Å². The quantitative estimate of drug-likeness (QED) is 0.220. The maximum atomic E-state index is 13.8. The molecule has 0 aliphatic heterocycles. The number of hydrogen-bond acceptors (Lipinski definition) is 6. The number of aryl methyl sites for hydroxylation is 1. The lowest BCUT2D eigenvalue weighted by atomic mass is 9.52. The molecule has 1 aromatic heterocycles. The van der Waals surface area contributed by atoms with Gasteiger partial charge in [-0.1, -0.05) is 47.2 Å². The predicted octanol–water partition coefficient (Wildman–Crippen LogP) is 4.76. The fourth-order valence-electron chi connectivity index (χ4n) is 8.27. The number of phenolic OH excluding ortho intramolecular Hbond substituents is 1. The van der Waals surface area contributed by atoms with E-state index in [9.17, 15) is 14.7 Å². The van der Waals surface area contributed by atoms with Gasteiger partial charge in [0.2, 0.25) is 5.91 Å². The summed E-state index contributed by atoms with van der Waals surface area (Å²) in [7, 11) is 0. The van der Waals surface area contributed by atoms with Gasteiger partial charge in [0.1, 0.15) is 11.3 Å². The first kappa shape index (κ1) is 28.4. The number of fused-ring (bicyclic) bond motifs is 1. The third-order valence-corrected chi connectivity index (χ3v) is 10.8. The van der Waals surface area contributed by atoms with Gasteiger partial charge < -0.3 is 25.6 Å². The molecule has 3 aromatic rings. The minimum Gasteiger partial charge on any atom is -0.506 e. The number of carbonyl (C=O) groups excluding carboxylic acids is 1. The molecule has 4 aliphatic rings. The molecule has 41 heavy (non-hydrogen) atoms. The first-order valence-corrected chi connectivity index (χ1v) is 16.3. The van der Waals surface area contributed by atoms with E-state index < -0.39 is 0 Å². The summed E-state index contributed by atoms with van der Waals surface area (Å²) in [4.78, 5) is 30.5. The summed E-state index contributed by atoms with van der Waals surface area (Å²) in [5.41, 5.74) is 4.25. The highest BCUT2D eigenvalue weighted by Gasteiger charge is 2.54. The molecule has 2 aromatic carbocycles. The molecule has 4 bridgehead atoms. The normalized spacial score (nSPS) is 24.8. The summed E-state index contributed by atoms with van der Waals surface area (Å²) in [5.74, 6) is 2.80. The Labute approximate surface area is 246 Å². The van der Waals surface area contributed by atoms with Crippen molar-refractivity contribution in [3.8, 4) is 5.75 Å². The number of H-pyrrole nitrogens is 1. The smallest absolute Gasteiger partial charge is 0.305 e. The van der Waals surface area contributed by atoms with Gasteiger partial charge in [0, 0.05) is 31.6 Å². The SMILES string of the molecule is Cc1ccc(CCNCCC(=O)N(CCNCCc2ccc(O)c3[nH]c(=O)sc23)C23CC4CC(CC(C4)C2)C3)cc1. The number of aromatic hydroxyl groups is 1. The number of aromatic amines is 1. The van der Waals surface area contributed by atoms with E-state index in [0.29, 0.717) is 17.8 Å². The molecule has 4 N–H and O–H groups in total. The van der Waals surface area contributed by atoms with Crippen molar-refractivity contribution >= 4 is 27.5 Å². The van der Waals surface area contributed by atoms with Crippen molar-refractivity contribution in [1.82, 2.24) is 20.5 Å².